The van der Waals surface area contributed by atoms with Gasteiger partial charge < -0.3 is 16.4 Å². The van der Waals surface area contributed by atoms with Crippen molar-refractivity contribution in [1.82, 2.24) is 10.6 Å². The van der Waals surface area contributed by atoms with E-state index in [4.69, 9.17) is 5.73 Å². The molecule has 20 heavy (non-hydrogen) atoms. The Bertz CT molecular complexity index is 480. The molecule has 1 saturated carbocycles. The van der Waals surface area contributed by atoms with Gasteiger partial charge >= 0.3 is 0 Å². The summed E-state index contributed by atoms with van der Waals surface area (Å²) in [6.45, 7) is 0.463. The van der Waals surface area contributed by atoms with Gasteiger partial charge in [0, 0.05) is 31.6 Å². The van der Waals surface area contributed by atoms with E-state index in [-0.39, 0.29) is 17.9 Å². The second-order valence-corrected chi connectivity index (χ2v) is 5.26. The lowest BCUT2D eigenvalue weighted by Crippen LogP contribution is -2.32. The van der Waals surface area contributed by atoms with Crippen LogP contribution in [0.15, 0.2) is 24.3 Å². The molecule has 0 bridgehead atoms. The van der Waals surface area contributed by atoms with Crippen LogP contribution in [0.4, 0.5) is 0 Å². The van der Waals surface area contributed by atoms with Gasteiger partial charge in [0.15, 0.2) is 0 Å². The maximum Gasteiger partial charge on any atom is 0.251 e. The van der Waals surface area contributed by atoms with Gasteiger partial charge in [-0.25, -0.2) is 0 Å². The van der Waals surface area contributed by atoms with Gasteiger partial charge in [-0.05, 0) is 36.5 Å². The molecular weight excluding hydrogens is 254 g/mol. The van der Waals surface area contributed by atoms with Gasteiger partial charge in [0.25, 0.3) is 5.91 Å². The van der Waals surface area contributed by atoms with Crippen LogP contribution in [0.5, 0.6) is 0 Å². The summed E-state index contributed by atoms with van der Waals surface area (Å²) >= 11 is 0. The number of nitrogens with two attached hydrogens (primary N) is 1. The molecule has 2 rings (SSSR count). The molecule has 0 heterocycles. The van der Waals surface area contributed by atoms with E-state index in [0.717, 1.165) is 18.4 Å². The molecule has 1 aliphatic rings. The third-order valence-electron chi connectivity index (χ3n) is 3.58. The predicted octanol–water partition coefficient (Wildman–Crippen LogP) is 0.790. The maximum atomic E-state index is 11.7. The Morgan fingerprint density at radius 2 is 1.95 bits per heavy atom. The molecule has 0 spiro atoms. The quantitative estimate of drug-likeness (QED) is 0.717. The highest BCUT2D eigenvalue weighted by atomic mass is 16.2. The predicted molar refractivity (Wildman–Crippen MR) is 77.0 cm³/mol. The van der Waals surface area contributed by atoms with Crippen LogP contribution in [-0.4, -0.2) is 24.9 Å². The molecule has 108 valence electrons. The van der Waals surface area contributed by atoms with Crippen molar-refractivity contribution in [1.29, 1.82) is 0 Å². The average Bonchev–Trinajstić information content (AvgIpc) is 3.29. The van der Waals surface area contributed by atoms with Crippen LogP contribution in [0.1, 0.15) is 35.2 Å². The molecule has 2 amide bonds. The highest BCUT2D eigenvalue weighted by molar-refractivity contribution is 5.93. The zero-order chi connectivity index (χ0) is 14.5. The molecule has 0 aromatic heterocycles. The standard InChI is InChI=1S/C15H21N3O2/c1-17-15(20)12-4-2-10(3-5-12)9-18-14(19)8-13(16)11-6-7-11/h2-5,11,13H,6-9,16H2,1H3,(H,17,20)(H,18,19). The molecule has 0 aliphatic heterocycles. The molecule has 0 radical (unpaired) electrons. The van der Waals surface area contributed by atoms with E-state index in [0.29, 0.717) is 24.4 Å². The van der Waals surface area contributed by atoms with E-state index in [2.05, 4.69) is 10.6 Å². The summed E-state index contributed by atoms with van der Waals surface area (Å²) in [5.41, 5.74) is 7.49. The van der Waals surface area contributed by atoms with E-state index < -0.39 is 0 Å². The van der Waals surface area contributed by atoms with Crippen LogP contribution >= 0.6 is 0 Å². The molecule has 1 unspecified atom stereocenters. The molecule has 5 nitrogen and oxygen atoms in total. The Morgan fingerprint density at radius 1 is 1.30 bits per heavy atom. The minimum absolute atomic E-state index is 0.00868. The Morgan fingerprint density at radius 3 is 2.50 bits per heavy atom. The monoisotopic (exact) mass is 275 g/mol. The maximum absolute atomic E-state index is 11.7. The lowest BCUT2D eigenvalue weighted by molar-refractivity contribution is -0.121. The van der Waals surface area contributed by atoms with Crippen LogP contribution in [0.3, 0.4) is 0 Å². The molecule has 1 fully saturated rings. The summed E-state index contributed by atoms with van der Waals surface area (Å²) in [6, 6.07) is 7.16. The smallest absolute Gasteiger partial charge is 0.251 e. The van der Waals surface area contributed by atoms with E-state index in [1.807, 2.05) is 12.1 Å². The van der Waals surface area contributed by atoms with Gasteiger partial charge in [-0.3, -0.25) is 9.59 Å². The molecule has 4 N–H and O–H groups in total. The highest BCUT2D eigenvalue weighted by Crippen LogP contribution is 2.32. The van der Waals surface area contributed by atoms with Crippen molar-refractivity contribution in [2.24, 2.45) is 11.7 Å². The van der Waals surface area contributed by atoms with Crippen LogP contribution in [-0.2, 0) is 11.3 Å². The van der Waals surface area contributed by atoms with E-state index in [1.165, 1.54) is 0 Å². The van der Waals surface area contributed by atoms with Crippen molar-refractivity contribution < 1.29 is 9.59 Å². The fourth-order valence-corrected chi connectivity index (χ4v) is 2.10. The van der Waals surface area contributed by atoms with E-state index in [1.54, 1.807) is 19.2 Å². The van der Waals surface area contributed by atoms with Crippen molar-refractivity contribution in [3.05, 3.63) is 35.4 Å². The van der Waals surface area contributed by atoms with Gasteiger partial charge in [-0.2, -0.15) is 0 Å². The second-order valence-electron chi connectivity index (χ2n) is 5.26. The van der Waals surface area contributed by atoms with Crippen LogP contribution in [0.25, 0.3) is 0 Å². The number of carbonyl (C=O) groups excluding carboxylic acids is 2. The minimum atomic E-state index is -0.115. The first-order valence-corrected chi connectivity index (χ1v) is 6.93. The number of nitrogens with one attached hydrogen (secondary N) is 2. The van der Waals surface area contributed by atoms with Gasteiger partial charge in [0.2, 0.25) is 5.91 Å². The number of rotatable bonds is 6. The minimum Gasteiger partial charge on any atom is -0.355 e. The molecule has 1 aromatic carbocycles. The fraction of sp³-hybridized carbons (Fsp3) is 0.467. The lowest BCUT2D eigenvalue weighted by atomic mass is 10.1. The molecular formula is C15H21N3O2. The summed E-state index contributed by atoms with van der Waals surface area (Å²) in [5.74, 6) is 0.406. The molecule has 1 aliphatic carbocycles. The number of amides is 2. The molecule has 1 atom stereocenters. The molecule has 5 heteroatoms. The first kappa shape index (κ1) is 14.5. The van der Waals surface area contributed by atoms with E-state index in [9.17, 15) is 9.59 Å². The van der Waals surface area contributed by atoms with Crippen molar-refractivity contribution in [3.8, 4) is 0 Å². The Kier molecular flexibility index (Phi) is 4.74. The van der Waals surface area contributed by atoms with Gasteiger partial charge in [0.05, 0.1) is 0 Å². The summed E-state index contributed by atoms with van der Waals surface area (Å²) in [4.78, 5) is 23.1. The van der Waals surface area contributed by atoms with Gasteiger partial charge in [0.1, 0.15) is 0 Å². The van der Waals surface area contributed by atoms with Crippen LogP contribution in [0, 0.1) is 5.92 Å². The third-order valence-corrected chi connectivity index (χ3v) is 3.58. The Labute approximate surface area is 118 Å². The fourth-order valence-electron chi connectivity index (χ4n) is 2.10. The zero-order valence-corrected chi connectivity index (χ0v) is 11.7. The topological polar surface area (TPSA) is 84.2 Å². The summed E-state index contributed by atoms with van der Waals surface area (Å²) in [5, 5.41) is 5.42. The largest absolute Gasteiger partial charge is 0.355 e. The van der Waals surface area contributed by atoms with Crippen LogP contribution in [0.2, 0.25) is 0 Å². The highest BCUT2D eigenvalue weighted by Gasteiger charge is 2.29. The normalized spacial score (nSPS) is 15.5. The van der Waals surface area contributed by atoms with E-state index >= 15 is 0 Å². The Balaban J connectivity index is 1.78. The molecule has 0 saturated heterocycles. The summed E-state index contributed by atoms with van der Waals surface area (Å²) in [6.07, 6.45) is 2.69. The average molecular weight is 275 g/mol. The first-order valence-electron chi connectivity index (χ1n) is 6.93. The van der Waals surface area contributed by atoms with Gasteiger partial charge in [-0.1, -0.05) is 12.1 Å². The second kappa shape index (κ2) is 6.52. The van der Waals surface area contributed by atoms with Crippen LogP contribution < -0.4 is 16.4 Å². The number of hydrogen-bond donors (Lipinski definition) is 3. The number of benzene rings is 1. The van der Waals surface area contributed by atoms with Crippen molar-refractivity contribution in [2.45, 2.75) is 31.8 Å². The molecule has 1 aromatic rings. The Hall–Kier alpha value is -1.88. The number of carbonyl (C=O) groups is 2. The van der Waals surface area contributed by atoms with Crippen molar-refractivity contribution >= 4 is 11.8 Å². The lowest BCUT2D eigenvalue weighted by Gasteiger charge is -2.10. The summed E-state index contributed by atoms with van der Waals surface area (Å²) in [7, 11) is 1.60. The van der Waals surface area contributed by atoms with Crippen molar-refractivity contribution in [3.63, 3.8) is 0 Å². The van der Waals surface area contributed by atoms with Gasteiger partial charge in [-0.15, -0.1) is 0 Å². The SMILES string of the molecule is CNC(=O)c1ccc(CNC(=O)CC(N)C2CC2)cc1. The van der Waals surface area contributed by atoms with Crippen molar-refractivity contribution in [2.75, 3.05) is 7.05 Å². The number of hydrogen-bond acceptors (Lipinski definition) is 3. The first-order chi connectivity index (χ1) is 9.60. The third kappa shape index (κ3) is 4.06. The summed E-state index contributed by atoms with van der Waals surface area (Å²) < 4.78 is 0. The zero-order valence-electron chi connectivity index (χ0n) is 11.7.